The molecular weight excluding hydrogens is 260 g/mol. The molecule has 0 aliphatic rings. The number of thioether (sulfide) groups is 1. The number of hydrogen-bond acceptors (Lipinski definition) is 6. The number of pyridine rings is 1. The average molecular weight is 271 g/mol. The van der Waals surface area contributed by atoms with Crippen molar-refractivity contribution in [3.8, 4) is 0 Å². The van der Waals surface area contributed by atoms with Gasteiger partial charge < -0.3 is 5.73 Å². The summed E-state index contributed by atoms with van der Waals surface area (Å²) in [6.07, 6.45) is 1.68. The van der Waals surface area contributed by atoms with E-state index in [0.29, 0.717) is 18.2 Å². The van der Waals surface area contributed by atoms with Gasteiger partial charge in [0.2, 0.25) is 5.16 Å². The maximum atomic E-state index is 5.80. The molecule has 17 heavy (non-hydrogen) atoms. The lowest BCUT2D eigenvalue weighted by molar-refractivity contribution is 0.557. The second-order valence-electron chi connectivity index (χ2n) is 3.25. The number of nitrogens with zero attached hydrogens (tertiary/aromatic N) is 5. The first kappa shape index (κ1) is 12.3. The first-order valence-electron chi connectivity index (χ1n) is 4.99. The summed E-state index contributed by atoms with van der Waals surface area (Å²) in [6.45, 7) is 1.13. The first-order chi connectivity index (χ1) is 8.29. The van der Waals surface area contributed by atoms with Gasteiger partial charge in [-0.25, -0.2) is 9.67 Å². The molecule has 0 amide bonds. The van der Waals surface area contributed by atoms with E-state index in [2.05, 4.69) is 20.5 Å². The van der Waals surface area contributed by atoms with Crippen molar-refractivity contribution in [1.82, 2.24) is 25.2 Å². The summed E-state index contributed by atoms with van der Waals surface area (Å²) >= 11 is 7.34. The SMILES string of the molecule is NCCn1nnnc1SCc1ccnc(Cl)c1. The second kappa shape index (κ2) is 5.95. The lowest BCUT2D eigenvalue weighted by atomic mass is 10.3. The summed E-state index contributed by atoms with van der Waals surface area (Å²) in [5, 5.41) is 12.6. The molecule has 0 aliphatic heterocycles. The summed E-state index contributed by atoms with van der Waals surface area (Å²) in [5.41, 5.74) is 6.55. The molecule has 0 atom stereocenters. The zero-order valence-corrected chi connectivity index (χ0v) is 10.5. The molecule has 90 valence electrons. The molecule has 2 N–H and O–H groups in total. The molecule has 6 nitrogen and oxygen atoms in total. The summed E-state index contributed by atoms with van der Waals surface area (Å²) < 4.78 is 1.69. The molecule has 0 aliphatic carbocycles. The Morgan fingerprint density at radius 3 is 3.12 bits per heavy atom. The van der Waals surface area contributed by atoms with Crippen molar-refractivity contribution in [3.05, 3.63) is 29.0 Å². The first-order valence-corrected chi connectivity index (χ1v) is 6.35. The van der Waals surface area contributed by atoms with E-state index in [-0.39, 0.29) is 0 Å². The van der Waals surface area contributed by atoms with Gasteiger partial charge in [-0.1, -0.05) is 23.4 Å². The van der Waals surface area contributed by atoms with Crippen LogP contribution >= 0.6 is 23.4 Å². The van der Waals surface area contributed by atoms with Crippen LogP contribution in [0.3, 0.4) is 0 Å². The Labute approximate surface area is 108 Å². The van der Waals surface area contributed by atoms with Crippen LogP contribution in [0.1, 0.15) is 5.56 Å². The summed E-state index contributed by atoms with van der Waals surface area (Å²) in [7, 11) is 0. The second-order valence-corrected chi connectivity index (χ2v) is 4.58. The van der Waals surface area contributed by atoms with Gasteiger partial charge in [0, 0.05) is 18.5 Å². The normalized spacial score (nSPS) is 10.7. The van der Waals surface area contributed by atoms with Crippen LogP contribution in [0.2, 0.25) is 5.15 Å². The van der Waals surface area contributed by atoms with E-state index >= 15 is 0 Å². The van der Waals surface area contributed by atoms with Gasteiger partial charge in [0.15, 0.2) is 0 Å². The van der Waals surface area contributed by atoms with E-state index in [4.69, 9.17) is 17.3 Å². The zero-order chi connectivity index (χ0) is 12.1. The molecule has 0 saturated heterocycles. The van der Waals surface area contributed by atoms with Crippen LogP contribution in [0.4, 0.5) is 0 Å². The Morgan fingerprint density at radius 2 is 2.35 bits per heavy atom. The highest BCUT2D eigenvalue weighted by atomic mass is 35.5. The third-order valence-electron chi connectivity index (χ3n) is 2.00. The topological polar surface area (TPSA) is 82.5 Å². The summed E-state index contributed by atoms with van der Waals surface area (Å²) in [5.74, 6) is 0.743. The van der Waals surface area contributed by atoms with Crippen molar-refractivity contribution in [2.45, 2.75) is 17.5 Å². The summed E-state index contributed by atoms with van der Waals surface area (Å²) in [6, 6.07) is 3.74. The molecule has 0 saturated carbocycles. The smallest absolute Gasteiger partial charge is 0.209 e. The minimum absolute atomic E-state index is 0.490. The molecule has 2 heterocycles. The molecule has 0 unspecified atom stereocenters. The van der Waals surface area contributed by atoms with Gasteiger partial charge in [-0.05, 0) is 28.1 Å². The fourth-order valence-electron chi connectivity index (χ4n) is 1.24. The molecule has 2 aromatic rings. The third-order valence-corrected chi connectivity index (χ3v) is 3.23. The van der Waals surface area contributed by atoms with Crippen LogP contribution in [0.25, 0.3) is 0 Å². The monoisotopic (exact) mass is 270 g/mol. The highest BCUT2D eigenvalue weighted by Gasteiger charge is 2.06. The van der Waals surface area contributed by atoms with Gasteiger partial charge >= 0.3 is 0 Å². The average Bonchev–Trinajstić information content (AvgIpc) is 2.75. The van der Waals surface area contributed by atoms with E-state index in [0.717, 1.165) is 16.5 Å². The van der Waals surface area contributed by atoms with E-state index in [9.17, 15) is 0 Å². The van der Waals surface area contributed by atoms with Crippen LogP contribution < -0.4 is 5.73 Å². The largest absolute Gasteiger partial charge is 0.329 e. The standard InChI is InChI=1S/C9H11ClN6S/c10-8-5-7(1-3-12-8)6-17-9-13-14-15-16(9)4-2-11/h1,3,5H,2,4,6,11H2. The van der Waals surface area contributed by atoms with Crippen LogP contribution in [-0.2, 0) is 12.3 Å². The predicted octanol–water partition coefficient (Wildman–Crippen LogP) is 0.972. The molecule has 0 spiro atoms. The molecule has 2 rings (SSSR count). The lowest BCUT2D eigenvalue weighted by Crippen LogP contribution is -2.12. The third kappa shape index (κ3) is 3.39. The quantitative estimate of drug-likeness (QED) is 0.644. The van der Waals surface area contributed by atoms with Crippen molar-refractivity contribution in [3.63, 3.8) is 0 Å². The minimum Gasteiger partial charge on any atom is -0.329 e. The van der Waals surface area contributed by atoms with Gasteiger partial charge in [-0.3, -0.25) is 0 Å². The summed E-state index contributed by atoms with van der Waals surface area (Å²) in [4.78, 5) is 3.93. The number of tetrazole rings is 1. The minimum atomic E-state index is 0.490. The Morgan fingerprint density at radius 1 is 1.47 bits per heavy atom. The van der Waals surface area contributed by atoms with E-state index < -0.39 is 0 Å². The van der Waals surface area contributed by atoms with Crippen LogP contribution in [-0.4, -0.2) is 31.7 Å². The fourth-order valence-corrected chi connectivity index (χ4v) is 2.29. The Bertz CT molecular complexity index is 488. The van der Waals surface area contributed by atoms with E-state index in [1.807, 2.05) is 12.1 Å². The van der Waals surface area contributed by atoms with Gasteiger partial charge in [-0.15, -0.1) is 5.10 Å². The molecule has 0 aromatic carbocycles. The lowest BCUT2D eigenvalue weighted by Gasteiger charge is -2.02. The number of halogens is 1. The Balaban J connectivity index is 1.99. The molecule has 0 bridgehead atoms. The van der Waals surface area contributed by atoms with Gasteiger partial charge in [0.1, 0.15) is 5.15 Å². The van der Waals surface area contributed by atoms with Crippen LogP contribution in [0.15, 0.2) is 23.5 Å². The van der Waals surface area contributed by atoms with E-state index in [1.165, 1.54) is 0 Å². The Kier molecular flexibility index (Phi) is 4.29. The molecular formula is C9H11ClN6S. The molecule has 0 fully saturated rings. The van der Waals surface area contributed by atoms with Gasteiger partial charge in [-0.2, -0.15) is 0 Å². The van der Waals surface area contributed by atoms with E-state index in [1.54, 1.807) is 22.6 Å². The fraction of sp³-hybridized carbons (Fsp3) is 0.333. The highest BCUT2D eigenvalue weighted by Crippen LogP contribution is 2.20. The number of hydrogen-bond donors (Lipinski definition) is 1. The molecule has 8 heteroatoms. The van der Waals surface area contributed by atoms with Crippen molar-refractivity contribution >= 4 is 23.4 Å². The van der Waals surface area contributed by atoms with Crippen molar-refractivity contribution in [1.29, 1.82) is 0 Å². The van der Waals surface area contributed by atoms with Gasteiger partial charge in [0.05, 0.1) is 6.54 Å². The number of aromatic nitrogens is 5. The van der Waals surface area contributed by atoms with Crippen molar-refractivity contribution < 1.29 is 0 Å². The predicted molar refractivity (Wildman–Crippen MR) is 65.7 cm³/mol. The number of nitrogens with two attached hydrogens (primary N) is 1. The number of rotatable bonds is 5. The zero-order valence-electron chi connectivity index (χ0n) is 8.95. The molecule has 0 radical (unpaired) electrons. The maximum Gasteiger partial charge on any atom is 0.209 e. The highest BCUT2D eigenvalue weighted by molar-refractivity contribution is 7.98. The molecule has 2 aromatic heterocycles. The van der Waals surface area contributed by atoms with Gasteiger partial charge in [0.25, 0.3) is 0 Å². The Hall–Kier alpha value is -1.18. The maximum absolute atomic E-state index is 5.80. The van der Waals surface area contributed by atoms with Crippen LogP contribution in [0.5, 0.6) is 0 Å². The van der Waals surface area contributed by atoms with Crippen LogP contribution in [0, 0.1) is 0 Å². The van der Waals surface area contributed by atoms with Crippen molar-refractivity contribution in [2.24, 2.45) is 5.73 Å². The van der Waals surface area contributed by atoms with Crippen molar-refractivity contribution in [2.75, 3.05) is 6.54 Å².